The van der Waals surface area contributed by atoms with Crippen LogP contribution in [0, 0.1) is 5.82 Å². The number of halogens is 1. The van der Waals surface area contributed by atoms with Crippen molar-refractivity contribution in [2.24, 2.45) is 0 Å². The van der Waals surface area contributed by atoms with Crippen molar-refractivity contribution in [3.8, 4) is 0 Å². The van der Waals surface area contributed by atoms with E-state index in [0.29, 0.717) is 30.3 Å². The minimum absolute atomic E-state index is 0.125. The summed E-state index contributed by atoms with van der Waals surface area (Å²) in [6.07, 6.45) is 0.763. The van der Waals surface area contributed by atoms with Gasteiger partial charge >= 0.3 is 0 Å². The Morgan fingerprint density at radius 2 is 2.04 bits per heavy atom. The van der Waals surface area contributed by atoms with E-state index in [1.165, 1.54) is 34.4 Å². The number of morpholine rings is 1. The van der Waals surface area contributed by atoms with E-state index < -0.39 is 5.82 Å². The fourth-order valence-corrected chi connectivity index (χ4v) is 3.91. The molecule has 0 atom stereocenters. The summed E-state index contributed by atoms with van der Waals surface area (Å²) < 4.78 is 18.8. The quantitative estimate of drug-likeness (QED) is 0.751. The third kappa shape index (κ3) is 4.55. The molecule has 0 unspecified atom stereocenters. The number of benzene rings is 1. The molecular weight excluding hydrogens is 355 g/mol. The summed E-state index contributed by atoms with van der Waals surface area (Å²) in [5.41, 5.74) is 0.697. The highest BCUT2D eigenvalue weighted by atomic mass is 32.1. The van der Waals surface area contributed by atoms with Crippen molar-refractivity contribution in [1.82, 2.24) is 0 Å². The van der Waals surface area contributed by atoms with Crippen LogP contribution in [0.4, 0.5) is 9.39 Å². The molecule has 1 fully saturated rings. The van der Waals surface area contributed by atoms with Crippen LogP contribution in [0.1, 0.15) is 27.7 Å². The zero-order chi connectivity index (χ0) is 18.5. The van der Waals surface area contributed by atoms with Crippen LogP contribution in [0.3, 0.4) is 0 Å². The molecule has 0 aliphatic carbocycles. The minimum Gasteiger partial charge on any atom is -0.370 e. The molecule has 2 heterocycles. The smallest absolute Gasteiger partial charge is 0.280 e. The van der Waals surface area contributed by atoms with Crippen LogP contribution in [0.15, 0.2) is 30.3 Å². The molecule has 138 valence electrons. The van der Waals surface area contributed by atoms with Gasteiger partial charge in [-0.05, 0) is 24.6 Å². The summed E-state index contributed by atoms with van der Waals surface area (Å²) in [4.78, 5) is 27.4. The van der Waals surface area contributed by atoms with Gasteiger partial charge in [0.25, 0.3) is 5.91 Å². The molecule has 26 heavy (non-hydrogen) atoms. The molecule has 1 aliphatic rings. The summed E-state index contributed by atoms with van der Waals surface area (Å²) in [7, 11) is 0. The largest absolute Gasteiger partial charge is 0.370 e. The van der Waals surface area contributed by atoms with Crippen LogP contribution in [0.25, 0.3) is 0 Å². The Hall–Kier alpha value is -2.09. The molecular formula is C19H22FN2O3S+. The Bertz CT molecular complexity index is 800. The number of ether oxygens (including phenoxy) is 1. The van der Waals surface area contributed by atoms with Crippen molar-refractivity contribution in [2.45, 2.75) is 13.3 Å². The van der Waals surface area contributed by atoms with Gasteiger partial charge in [0, 0.05) is 10.4 Å². The van der Waals surface area contributed by atoms with E-state index >= 15 is 0 Å². The van der Waals surface area contributed by atoms with E-state index in [1.807, 2.05) is 6.92 Å². The Kier molecular flexibility index (Phi) is 6.13. The average Bonchev–Trinajstić information content (AvgIpc) is 3.04. The number of thiophene rings is 1. The second-order valence-corrected chi connectivity index (χ2v) is 7.37. The molecule has 5 nitrogen and oxygen atoms in total. The normalized spacial score (nSPS) is 15.0. The van der Waals surface area contributed by atoms with E-state index in [-0.39, 0.29) is 17.3 Å². The molecule has 1 amide bonds. The highest BCUT2D eigenvalue weighted by Gasteiger charge is 2.22. The van der Waals surface area contributed by atoms with Gasteiger partial charge in [-0.15, -0.1) is 11.3 Å². The van der Waals surface area contributed by atoms with Crippen molar-refractivity contribution < 1.29 is 23.6 Å². The summed E-state index contributed by atoms with van der Waals surface area (Å²) in [5.74, 6) is -0.863. The van der Waals surface area contributed by atoms with Crippen LogP contribution in [-0.2, 0) is 16.0 Å². The van der Waals surface area contributed by atoms with Crippen LogP contribution in [-0.4, -0.2) is 44.5 Å². The van der Waals surface area contributed by atoms with Crippen LogP contribution < -0.4 is 10.2 Å². The van der Waals surface area contributed by atoms with Gasteiger partial charge in [0.1, 0.15) is 23.9 Å². The number of ketones is 1. The van der Waals surface area contributed by atoms with Gasteiger partial charge in [0.2, 0.25) is 0 Å². The van der Waals surface area contributed by atoms with Crippen molar-refractivity contribution in [2.75, 3.05) is 38.2 Å². The molecule has 1 aromatic heterocycles. The minimum atomic E-state index is -0.455. The number of anilines is 1. The standard InChI is InChI=1S/C19H21FN2O3S/c1-2-15-11-16(18(24)13-4-3-5-14(20)10-13)19(26-15)21-17(23)12-22-6-8-25-9-7-22/h3-5,10-11H,2,6-9,12H2,1H3,(H,21,23)/p+1. The van der Waals surface area contributed by atoms with Gasteiger partial charge in [-0.2, -0.15) is 0 Å². The Morgan fingerprint density at radius 1 is 1.27 bits per heavy atom. The highest BCUT2D eigenvalue weighted by Crippen LogP contribution is 2.30. The predicted molar refractivity (Wildman–Crippen MR) is 98.5 cm³/mol. The summed E-state index contributed by atoms with van der Waals surface area (Å²) in [6.45, 7) is 5.25. The number of amides is 1. The first-order valence-corrected chi connectivity index (χ1v) is 9.52. The lowest BCUT2D eigenvalue weighted by Crippen LogP contribution is -3.15. The second-order valence-electron chi connectivity index (χ2n) is 6.24. The van der Waals surface area contributed by atoms with E-state index in [1.54, 1.807) is 12.1 Å². The summed E-state index contributed by atoms with van der Waals surface area (Å²) in [5, 5.41) is 3.42. The topological polar surface area (TPSA) is 59.8 Å². The fourth-order valence-electron chi connectivity index (χ4n) is 2.90. The third-order valence-electron chi connectivity index (χ3n) is 4.33. The summed E-state index contributed by atoms with van der Waals surface area (Å²) in [6, 6.07) is 7.40. The fraction of sp³-hybridized carbons (Fsp3) is 0.368. The van der Waals surface area contributed by atoms with Crippen LogP contribution in [0.5, 0.6) is 0 Å². The molecule has 0 saturated carbocycles. The molecule has 1 saturated heterocycles. The van der Waals surface area contributed by atoms with Gasteiger partial charge in [-0.1, -0.05) is 19.1 Å². The van der Waals surface area contributed by atoms with Gasteiger partial charge in [-0.25, -0.2) is 4.39 Å². The third-order valence-corrected chi connectivity index (χ3v) is 5.52. The number of nitrogens with one attached hydrogen (secondary N) is 2. The SMILES string of the molecule is CCc1cc(C(=O)c2cccc(F)c2)c(NC(=O)C[NH+]2CCOCC2)s1. The van der Waals surface area contributed by atoms with Crippen molar-refractivity contribution in [1.29, 1.82) is 0 Å². The maximum absolute atomic E-state index is 13.5. The number of carbonyl (C=O) groups excluding carboxylic acids is 2. The van der Waals surface area contributed by atoms with Crippen molar-refractivity contribution in [3.63, 3.8) is 0 Å². The van der Waals surface area contributed by atoms with Crippen LogP contribution >= 0.6 is 11.3 Å². The molecule has 1 aliphatic heterocycles. The lowest BCUT2D eigenvalue weighted by Gasteiger charge is -2.23. The molecule has 1 aromatic carbocycles. The average molecular weight is 377 g/mol. The first-order chi connectivity index (χ1) is 12.6. The Labute approximate surface area is 155 Å². The van der Waals surface area contributed by atoms with Crippen LogP contribution in [0.2, 0.25) is 0 Å². The first-order valence-electron chi connectivity index (χ1n) is 8.71. The molecule has 0 spiro atoms. The molecule has 2 aromatic rings. The second kappa shape index (κ2) is 8.53. The predicted octanol–water partition coefficient (Wildman–Crippen LogP) is 1.53. The molecule has 0 bridgehead atoms. The number of rotatable bonds is 6. The number of hydrogen-bond acceptors (Lipinski definition) is 4. The van der Waals surface area contributed by atoms with Crippen molar-refractivity contribution >= 4 is 28.0 Å². The first kappa shape index (κ1) is 18.7. The van der Waals surface area contributed by atoms with E-state index in [9.17, 15) is 14.0 Å². The van der Waals surface area contributed by atoms with Gasteiger partial charge in [0.05, 0.1) is 18.8 Å². The lowest BCUT2D eigenvalue weighted by atomic mass is 10.0. The summed E-state index contributed by atoms with van der Waals surface area (Å²) >= 11 is 1.40. The highest BCUT2D eigenvalue weighted by molar-refractivity contribution is 7.16. The lowest BCUT2D eigenvalue weighted by molar-refractivity contribution is -0.899. The van der Waals surface area contributed by atoms with Gasteiger partial charge in [-0.3, -0.25) is 9.59 Å². The van der Waals surface area contributed by atoms with Gasteiger partial charge in [0.15, 0.2) is 12.3 Å². The maximum Gasteiger partial charge on any atom is 0.280 e. The zero-order valence-corrected chi connectivity index (χ0v) is 15.5. The molecule has 7 heteroatoms. The van der Waals surface area contributed by atoms with Gasteiger partial charge < -0.3 is 15.0 Å². The van der Waals surface area contributed by atoms with E-state index in [2.05, 4.69) is 5.32 Å². The van der Waals surface area contributed by atoms with E-state index in [4.69, 9.17) is 4.74 Å². The van der Waals surface area contributed by atoms with E-state index in [0.717, 1.165) is 24.4 Å². The maximum atomic E-state index is 13.5. The number of aryl methyl sites for hydroxylation is 1. The number of carbonyl (C=O) groups is 2. The zero-order valence-electron chi connectivity index (χ0n) is 14.6. The molecule has 3 rings (SSSR count). The molecule has 0 radical (unpaired) electrons. The number of hydrogen-bond donors (Lipinski definition) is 2. The Morgan fingerprint density at radius 3 is 2.73 bits per heavy atom. The molecule has 2 N–H and O–H groups in total. The van der Waals surface area contributed by atoms with Crippen molar-refractivity contribution in [3.05, 3.63) is 52.2 Å². The number of quaternary nitrogens is 1. The monoisotopic (exact) mass is 377 g/mol. The Balaban J connectivity index is 1.77.